The lowest BCUT2D eigenvalue weighted by Crippen LogP contribution is -2.48. The smallest absolute Gasteiger partial charge is 0.225 e. The summed E-state index contributed by atoms with van der Waals surface area (Å²) in [5.74, 6) is 0.898. The normalized spacial score (nSPS) is 18.5. The second-order valence-electron chi connectivity index (χ2n) is 7.70. The standard InChI is InChI=1S/C24H31N3O4/c1-4-5-14-27-22(28)13-11-19(23(27)18-8-6-7-9-20(18)30-2)24(29)26-16-17-10-12-21(31-3)25-15-17/h6-10,12,15,19,23H,4-5,11,13-14,16H2,1-3H3,(H,26,29)/t19-,23+/m1/s1. The molecule has 1 aliphatic heterocycles. The monoisotopic (exact) mass is 425 g/mol. The average Bonchev–Trinajstić information content (AvgIpc) is 2.81. The van der Waals surface area contributed by atoms with Gasteiger partial charge in [0.15, 0.2) is 0 Å². The lowest BCUT2D eigenvalue weighted by molar-refractivity contribution is -0.143. The molecule has 0 spiro atoms. The molecule has 1 aromatic heterocycles. The Kier molecular flexibility index (Phi) is 7.87. The molecular formula is C24H31N3O4. The molecule has 0 radical (unpaired) electrons. The summed E-state index contributed by atoms with van der Waals surface area (Å²) < 4.78 is 10.7. The number of methoxy groups -OCH3 is 2. The van der Waals surface area contributed by atoms with E-state index in [4.69, 9.17) is 9.47 Å². The van der Waals surface area contributed by atoms with Gasteiger partial charge in [0.05, 0.1) is 26.2 Å². The molecule has 2 atom stereocenters. The van der Waals surface area contributed by atoms with Crippen LogP contribution in [-0.4, -0.2) is 42.5 Å². The van der Waals surface area contributed by atoms with Crippen molar-refractivity contribution in [2.24, 2.45) is 5.92 Å². The number of para-hydroxylation sites is 1. The van der Waals surface area contributed by atoms with E-state index in [-0.39, 0.29) is 23.8 Å². The predicted molar refractivity (Wildman–Crippen MR) is 118 cm³/mol. The van der Waals surface area contributed by atoms with Crippen LogP contribution in [0.4, 0.5) is 0 Å². The van der Waals surface area contributed by atoms with Crippen LogP contribution in [0.3, 0.4) is 0 Å². The van der Waals surface area contributed by atoms with E-state index in [2.05, 4.69) is 17.2 Å². The van der Waals surface area contributed by atoms with E-state index in [1.54, 1.807) is 26.5 Å². The van der Waals surface area contributed by atoms with Crippen molar-refractivity contribution in [2.75, 3.05) is 20.8 Å². The van der Waals surface area contributed by atoms with Crippen LogP contribution in [0.2, 0.25) is 0 Å². The molecule has 0 aliphatic carbocycles. The Bertz CT molecular complexity index is 885. The van der Waals surface area contributed by atoms with E-state index in [0.717, 1.165) is 24.0 Å². The van der Waals surface area contributed by atoms with Gasteiger partial charge in [-0.25, -0.2) is 4.98 Å². The largest absolute Gasteiger partial charge is 0.496 e. The maximum atomic E-state index is 13.3. The van der Waals surface area contributed by atoms with Crippen molar-refractivity contribution in [1.29, 1.82) is 0 Å². The number of aromatic nitrogens is 1. The second kappa shape index (κ2) is 10.8. The van der Waals surface area contributed by atoms with Crippen molar-refractivity contribution < 1.29 is 19.1 Å². The Morgan fingerprint density at radius 3 is 2.68 bits per heavy atom. The first-order valence-corrected chi connectivity index (χ1v) is 10.8. The molecular weight excluding hydrogens is 394 g/mol. The summed E-state index contributed by atoms with van der Waals surface area (Å²) in [5, 5.41) is 3.04. The number of pyridine rings is 1. The quantitative estimate of drug-likeness (QED) is 0.665. The zero-order chi connectivity index (χ0) is 22.2. The Labute approximate surface area is 183 Å². The van der Waals surface area contributed by atoms with Crippen molar-refractivity contribution >= 4 is 11.8 Å². The van der Waals surface area contributed by atoms with Gasteiger partial charge in [-0.05, 0) is 24.5 Å². The fourth-order valence-corrected chi connectivity index (χ4v) is 4.07. The van der Waals surface area contributed by atoms with Crippen LogP contribution in [0.25, 0.3) is 0 Å². The number of rotatable bonds is 9. The number of carbonyl (C=O) groups is 2. The number of hydrogen-bond donors (Lipinski definition) is 1. The molecule has 0 bridgehead atoms. The highest BCUT2D eigenvalue weighted by molar-refractivity contribution is 5.85. The number of nitrogens with zero attached hydrogens (tertiary/aromatic N) is 2. The topological polar surface area (TPSA) is 80.8 Å². The van der Waals surface area contributed by atoms with Gasteiger partial charge in [-0.1, -0.05) is 37.6 Å². The molecule has 1 fully saturated rings. The number of unbranched alkanes of at least 4 members (excludes halogenated alkanes) is 1. The molecule has 0 saturated carbocycles. The third kappa shape index (κ3) is 5.34. The molecule has 2 heterocycles. The van der Waals surface area contributed by atoms with Gasteiger partial charge in [-0.2, -0.15) is 0 Å². The van der Waals surface area contributed by atoms with Crippen molar-refractivity contribution in [2.45, 2.75) is 45.2 Å². The van der Waals surface area contributed by atoms with Gasteiger partial charge >= 0.3 is 0 Å². The van der Waals surface area contributed by atoms with Crippen molar-refractivity contribution in [3.8, 4) is 11.6 Å². The lowest BCUT2D eigenvalue weighted by atomic mass is 9.83. The Morgan fingerprint density at radius 2 is 2.00 bits per heavy atom. The van der Waals surface area contributed by atoms with E-state index in [1.807, 2.05) is 35.2 Å². The van der Waals surface area contributed by atoms with Crippen molar-refractivity contribution in [1.82, 2.24) is 15.2 Å². The molecule has 31 heavy (non-hydrogen) atoms. The van der Waals surface area contributed by atoms with E-state index in [0.29, 0.717) is 37.6 Å². The minimum Gasteiger partial charge on any atom is -0.496 e. The van der Waals surface area contributed by atoms with Crippen LogP contribution >= 0.6 is 0 Å². The van der Waals surface area contributed by atoms with Gasteiger partial charge in [-0.3, -0.25) is 9.59 Å². The predicted octanol–water partition coefficient (Wildman–Crippen LogP) is 3.50. The zero-order valence-corrected chi connectivity index (χ0v) is 18.5. The van der Waals surface area contributed by atoms with Crippen molar-refractivity contribution in [3.63, 3.8) is 0 Å². The minimum atomic E-state index is -0.350. The third-order valence-electron chi connectivity index (χ3n) is 5.73. The van der Waals surface area contributed by atoms with Crippen LogP contribution in [-0.2, 0) is 16.1 Å². The molecule has 1 aromatic carbocycles. The minimum absolute atomic E-state index is 0.0688. The SMILES string of the molecule is CCCCN1C(=O)CC[C@@H](C(=O)NCc2ccc(OC)nc2)[C@@H]1c1ccccc1OC. The highest BCUT2D eigenvalue weighted by Gasteiger charge is 2.41. The maximum Gasteiger partial charge on any atom is 0.225 e. The number of benzene rings is 1. The fraction of sp³-hybridized carbons (Fsp3) is 0.458. The van der Waals surface area contributed by atoms with Crippen LogP contribution < -0.4 is 14.8 Å². The van der Waals surface area contributed by atoms with E-state index in [1.165, 1.54) is 0 Å². The summed E-state index contributed by atoms with van der Waals surface area (Å²) in [7, 11) is 3.18. The zero-order valence-electron chi connectivity index (χ0n) is 18.5. The number of ether oxygens (including phenoxy) is 2. The van der Waals surface area contributed by atoms with Gasteiger partial charge < -0.3 is 19.7 Å². The van der Waals surface area contributed by atoms with Crippen LogP contribution in [0.5, 0.6) is 11.6 Å². The molecule has 2 aromatic rings. The summed E-state index contributed by atoms with van der Waals surface area (Å²) in [6.07, 6.45) is 4.44. The molecule has 3 rings (SSSR count). The van der Waals surface area contributed by atoms with E-state index >= 15 is 0 Å². The molecule has 7 heteroatoms. The van der Waals surface area contributed by atoms with Gasteiger partial charge in [0.2, 0.25) is 17.7 Å². The van der Waals surface area contributed by atoms with E-state index < -0.39 is 0 Å². The van der Waals surface area contributed by atoms with Gasteiger partial charge in [0.25, 0.3) is 0 Å². The molecule has 1 aliphatic rings. The molecule has 7 nitrogen and oxygen atoms in total. The highest BCUT2D eigenvalue weighted by Crippen LogP contribution is 2.40. The second-order valence-corrected chi connectivity index (χ2v) is 7.70. The molecule has 1 saturated heterocycles. The number of hydrogen-bond acceptors (Lipinski definition) is 5. The molecule has 166 valence electrons. The Morgan fingerprint density at radius 1 is 1.19 bits per heavy atom. The summed E-state index contributed by atoms with van der Waals surface area (Å²) in [6.45, 7) is 3.09. The first-order valence-electron chi connectivity index (χ1n) is 10.8. The summed E-state index contributed by atoms with van der Waals surface area (Å²) >= 11 is 0. The summed E-state index contributed by atoms with van der Waals surface area (Å²) in [4.78, 5) is 32.1. The average molecular weight is 426 g/mol. The maximum absolute atomic E-state index is 13.3. The highest BCUT2D eigenvalue weighted by atomic mass is 16.5. The number of amides is 2. The number of nitrogens with one attached hydrogen (secondary N) is 1. The van der Waals surface area contributed by atoms with Gasteiger partial charge in [0, 0.05) is 37.3 Å². The number of piperidine rings is 1. The molecule has 2 amide bonds. The molecule has 0 unspecified atom stereocenters. The number of likely N-dealkylation sites (tertiary alicyclic amines) is 1. The fourth-order valence-electron chi connectivity index (χ4n) is 4.07. The molecule has 1 N–H and O–H groups in total. The van der Waals surface area contributed by atoms with Gasteiger partial charge in [0.1, 0.15) is 5.75 Å². The Hall–Kier alpha value is -3.09. The van der Waals surface area contributed by atoms with Crippen molar-refractivity contribution in [3.05, 3.63) is 53.7 Å². The van der Waals surface area contributed by atoms with Crippen LogP contribution in [0, 0.1) is 5.92 Å². The lowest BCUT2D eigenvalue weighted by Gasteiger charge is -2.41. The van der Waals surface area contributed by atoms with Crippen LogP contribution in [0.15, 0.2) is 42.6 Å². The van der Waals surface area contributed by atoms with Crippen LogP contribution in [0.1, 0.15) is 49.8 Å². The summed E-state index contributed by atoms with van der Waals surface area (Å²) in [6, 6.07) is 11.0. The number of carbonyl (C=O) groups excluding carboxylic acids is 2. The van der Waals surface area contributed by atoms with Gasteiger partial charge in [-0.15, -0.1) is 0 Å². The first kappa shape index (κ1) is 22.6. The first-order chi connectivity index (χ1) is 15.1. The summed E-state index contributed by atoms with van der Waals surface area (Å²) in [5.41, 5.74) is 1.76. The third-order valence-corrected chi connectivity index (χ3v) is 5.73. The van der Waals surface area contributed by atoms with E-state index in [9.17, 15) is 9.59 Å². The Balaban J connectivity index is 1.84.